The second-order valence-electron chi connectivity index (χ2n) is 4.05. The van der Waals surface area contributed by atoms with Gasteiger partial charge in [-0.2, -0.15) is 0 Å². The zero-order valence-electron chi connectivity index (χ0n) is 11.8. The Kier molecular flexibility index (Phi) is 5.81. The molecule has 18 heavy (non-hydrogen) atoms. The van der Waals surface area contributed by atoms with Crippen molar-refractivity contribution in [1.82, 2.24) is 0 Å². The van der Waals surface area contributed by atoms with Crippen molar-refractivity contribution >= 4 is 8.80 Å². The molecule has 0 unspecified atom stereocenters. The van der Waals surface area contributed by atoms with Crippen molar-refractivity contribution in [2.75, 3.05) is 28.4 Å². The molecule has 0 aromatic heterocycles. The average Bonchev–Trinajstić information content (AvgIpc) is 2.42. The van der Waals surface area contributed by atoms with Crippen molar-refractivity contribution in [2.45, 2.75) is 19.4 Å². The maximum absolute atomic E-state index is 5.43. The van der Waals surface area contributed by atoms with E-state index in [0.29, 0.717) is 0 Å². The van der Waals surface area contributed by atoms with E-state index in [2.05, 4.69) is 13.0 Å². The Hall–Kier alpha value is -0.883. The second-order valence-corrected chi connectivity index (χ2v) is 7.14. The van der Waals surface area contributed by atoms with Crippen LogP contribution in [0.25, 0.3) is 0 Å². The third-order valence-corrected chi connectivity index (χ3v) is 5.93. The molecule has 0 N–H and O–H groups in total. The molecular formula is C13H22O4Si. The molecule has 0 radical (unpaired) electrons. The second kappa shape index (κ2) is 6.89. The van der Waals surface area contributed by atoms with Crippen molar-refractivity contribution in [3.8, 4) is 5.75 Å². The summed E-state index contributed by atoms with van der Waals surface area (Å²) >= 11 is 0. The summed E-state index contributed by atoms with van der Waals surface area (Å²) < 4.78 is 21.7. The van der Waals surface area contributed by atoms with Gasteiger partial charge in [0.05, 0.1) is 7.11 Å². The van der Waals surface area contributed by atoms with Crippen LogP contribution in [-0.4, -0.2) is 37.2 Å². The number of aryl methyl sites for hydroxylation is 1. The molecule has 1 rings (SSSR count). The lowest BCUT2D eigenvalue weighted by Gasteiger charge is -2.24. The van der Waals surface area contributed by atoms with Crippen LogP contribution in [0, 0.1) is 6.92 Å². The van der Waals surface area contributed by atoms with E-state index in [0.717, 1.165) is 18.2 Å². The first-order valence-corrected chi connectivity index (χ1v) is 7.83. The highest BCUT2D eigenvalue weighted by atomic mass is 28.4. The number of benzene rings is 1. The van der Waals surface area contributed by atoms with Gasteiger partial charge < -0.3 is 18.0 Å². The highest BCUT2D eigenvalue weighted by Gasteiger charge is 2.37. The molecule has 1 aromatic carbocycles. The van der Waals surface area contributed by atoms with E-state index in [9.17, 15) is 0 Å². The zero-order valence-corrected chi connectivity index (χ0v) is 12.8. The molecule has 0 bridgehead atoms. The Morgan fingerprint density at radius 2 is 1.61 bits per heavy atom. The molecule has 0 spiro atoms. The van der Waals surface area contributed by atoms with Crippen LogP contribution in [0.4, 0.5) is 0 Å². The molecule has 0 saturated carbocycles. The Morgan fingerprint density at radius 1 is 1.00 bits per heavy atom. The normalized spacial score (nSPS) is 11.6. The highest BCUT2D eigenvalue weighted by molar-refractivity contribution is 6.60. The standard InChI is InChI=1S/C13H22O4Si/c1-11-7-6-8-13(14-2)12(11)9-10-18(15-3,16-4)17-5/h6-8H,9-10H2,1-5H3. The lowest BCUT2D eigenvalue weighted by atomic mass is 10.1. The first kappa shape index (κ1) is 15.2. The van der Waals surface area contributed by atoms with Crippen LogP contribution >= 0.6 is 0 Å². The lowest BCUT2D eigenvalue weighted by Crippen LogP contribution is -2.43. The maximum atomic E-state index is 5.43. The van der Waals surface area contributed by atoms with E-state index in [4.69, 9.17) is 18.0 Å². The molecule has 0 heterocycles. The zero-order chi connectivity index (χ0) is 13.6. The van der Waals surface area contributed by atoms with Gasteiger partial charge in [0.15, 0.2) is 0 Å². The maximum Gasteiger partial charge on any atom is 0.500 e. The summed E-state index contributed by atoms with van der Waals surface area (Å²) in [7, 11) is 4.07. The van der Waals surface area contributed by atoms with E-state index >= 15 is 0 Å². The van der Waals surface area contributed by atoms with E-state index in [-0.39, 0.29) is 0 Å². The van der Waals surface area contributed by atoms with Gasteiger partial charge in [-0.05, 0) is 30.5 Å². The van der Waals surface area contributed by atoms with Crippen LogP contribution < -0.4 is 4.74 Å². The van der Waals surface area contributed by atoms with Gasteiger partial charge in [-0.3, -0.25) is 0 Å². The van der Waals surface area contributed by atoms with Crippen LogP contribution in [0.1, 0.15) is 11.1 Å². The van der Waals surface area contributed by atoms with Gasteiger partial charge in [0.2, 0.25) is 0 Å². The quantitative estimate of drug-likeness (QED) is 0.713. The number of rotatable bonds is 7. The summed E-state index contributed by atoms with van der Waals surface area (Å²) in [6, 6.07) is 6.77. The molecule has 5 heteroatoms. The molecule has 0 fully saturated rings. The predicted molar refractivity (Wildman–Crippen MR) is 73.0 cm³/mol. The third kappa shape index (κ3) is 3.32. The number of hydrogen-bond acceptors (Lipinski definition) is 4. The third-order valence-electron chi connectivity index (χ3n) is 3.20. The number of hydrogen-bond donors (Lipinski definition) is 0. The summed E-state index contributed by atoms with van der Waals surface area (Å²) in [5.41, 5.74) is 2.39. The van der Waals surface area contributed by atoms with Crippen molar-refractivity contribution in [3.63, 3.8) is 0 Å². The first-order chi connectivity index (χ1) is 8.62. The molecule has 1 aromatic rings. The predicted octanol–water partition coefficient (Wildman–Crippen LogP) is 2.42. The molecular weight excluding hydrogens is 248 g/mol. The topological polar surface area (TPSA) is 36.9 Å². The van der Waals surface area contributed by atoms with Gasteiger partial charge in [-0.25, -0.2) is 0 Å². The summed E-state index contributed by atoms with van der Waals surface area (Å²) in [4.78, 5) is 0. The van der Waals surface area contributed by atoms with Crippen LogP contribution in [0.15, 0.2) is 18.2 Å². The summed E-state index contributed by atoms with van der Waals surface area (Å²) in [6.45, 7) is 2.08. The number of ether oxygens (including phenoxy) is 1. The minimum Gasteiger partial charge on any atom is -0.496 e. The molecule has 102 valence electrons. The minimum absolute atomic E-state index is 0.734. The Balaban J connectivity index is 2.85. The van der Waals surface area contributed by atoms with Gasteiger partial charge in [0.25, 0.3) is 0 Å². The molecule has 4 nitrogen and oxygen atoms in total. The van der Waals surface area contributed by atoms with Crippen LogP contribution in [0.2, 0.25) is 6.04 Å². The van der Waals surface area contributed by atoms with E-state index in [1.165, 1.54) is 11.1 Å². The highest BCUT2D eigenvalue weighted by Crippen LogP contribution is 2.26. The molecule has 0 atom stereocenters. The molecule has 0 aliphatic carbocycles. The SMILES string of the molecule is COc1cccc(C)c1CC[Si](OC)(OC)OC. The first-order valence-electron chi connectivity index (χ1n) is 5.90. The van der Waals surface area contributed by atoms with Crippen molar-refractivity contribution < 1.29 is 18.0 Å². The fraction of sp³-hybridized carbons (Fsp3) is 0.538. The average molecular weight is 270 g/mol. The molecule has 0 aliphatic heterocycles. The van der Waals surface area contributed by atoms with Gasteiger partial charge in [0.1, 0.15) is 5.75 Å². The van der Waals surface area contributed by atoms with E-state index in [1.807, 2.05) is 12.1 Å². The lowest BCUT2D eigenvalue weighted by molar-refractivity contribution is 0.123. The van der Waals surface area contributed by atoms with Gasteiger partial charge in [0, 0.05) is 27.4 Å². The monoisotopic (exact) mass is 270 g/mol. The molecule has 0 amide bonds. The van der Waals surface area contributed by atoms with E-state index in [1.54, 1.807) is 28.4 Å². The fourth-order valence-electron chi connectivity index (χ4n) is 2.02. The van der Waals surface area contributed by atoms with Crippen LogP contribution in [0.5, 0.6) is 5.75 Å². The van der Waals surface area contributed by atoms with Crippen molar-refractivity contribution in [1.29, 1.82) is 0 Å². The fourth-order valence-corrected chi connectivity index (χ4v) is 3.69. The van der Waals surface area contributed by atoms with Crippen molar-refractivity contribution in [3.05, 3.63) is 29.3 Å². The Morgan fingerprint density at radius 3 is 2.11 bits per heavy atom. The number of methoxy groups -OCH3 is 1. The summed E-state index contributed by atoms with van der Waals surface area (Å²) in [6.07, 6.45) is 0.817. The van der Waals surface area contributed by atoms with Crippen LogP contribution in [-0.2, 0) is 19.7 Å². The summed E-state index contributed by atoms with van der Waals surface area (Å²) in [5.74, 6) is 0.904. The Bertz CT molecular complexity index is 369. The summed E-state index contributed by atoms with van der Waals surface area (Å²) in [5, 5.41) is 0. The van der Waals surface area contributed by atoms with Crippen LogP contribution in [0.3, 0.4) is 0 Å². The van der Waals surface area contributed by atoms with Crippen molar-refractivity contribution in [2.24, 2.45) is 0 Å². The minimum atomic E-state index is -2.51. The molecule has 0 saturated heterocycles. The Labute approximate surface area is 110 Å². The van der Waals surface area contributed by atoms with Gasteiger partial charge in [-0.1, -0.05) is 12.1 Å². The van der Waals surface area contributed by atoms with E-state index < -0.39 is 8.80 Å². The van der Waals surface area contributed by atoms with Gasteiger partial charge >= 0.3 is 8.80 Å². The molecule has 0 aliphatic rings. The van der Waals surface area contributed by atoms with Gasteiger partial charge in [-0.15, -0.1) is 0 Å². The largest absolute Gasteiger partial charge is 0.500 e. The smallest absolute Gasteiger partial charge is 0.496 e.